The molecule has 0 bridgehead atoms. The number of hydrogen-bond acceptors (Lipinski definition) is 2. The first-order valence-electron chi connectivity index (χ1n) is 11.0. The molecule has 3 atom stereocenters. The van der Waals surface area contributed by atoms with Gasteiger partial charge < -0.3 is 10.2 Å². The molecule has 1 heterocycles. The van der Waals surface area contributed by atoms with Crippen molar-refractivity contribution in [1.29, 1.82) is 0 Å². The van der Waals surface area contributed by atoms with E-state index < -0.39 is 0 Å². The summed E-state index contributed by atoms with van der Waals surface area (Å²) in [5, 5.41) is 3.19. The van der Waals surface area contributed by atoms with E-state index in [4.69, 9.17) is 0 Å². The first-order chi connectivity index (χ1) is 13.6. The Bertz CT molecular complexity index is 745. The highest BCUT2D eigenvalue weighted by atomic mass is 16.1. The molecule has 150 valence electrons. The second-order valence-electron chi connectivity index (χ2n) is 9.05. The molecule has 0 saturated carbocycles. The van der Waals surface area contributed by atoms with E-state index >= 15 is 0 Å². The Hall–Kier alpha value is -1.87. The molecule has 1 N–H and O–H groups in total. The molecular weight excluding hydrogens is 344 g/mol. The van der Waals surface area contributed by atoms with E-state index in [9.17, 15) is 4.79 Å². The van der Waals surface area contributed by atoms with Crippen LogP contribution in [0.2, 0.25) is 0 Å². The second-order valence-corrected chi connectivity index (χ2v) is 9.05. The molecule has 3 nitrogen and oxygen atoms in total. The zero-order valence-electron chi connectivity index (χ0n) is 17.2. The average Bonchev–Trinajstić information content (AvgIpc) is 3.27. The van der Waals surface area contributed by atoms with E-state index in [2.05, 4.69) is 59.3 Å². The van der Waals surface area contributed by atoms with Crippen LogP contribution in [-0.2, 0) is 10.2 Å². The summed E-state index contributed by atoms with van der Waals surface area (Å²) in [4.78, 5) is 14.3. The van der Waals surface area contributed by atoms with Gasteiger partial charge in [-0.15, -0.1) is 6.58 Å². The number of likely N-dealkylation sites (tertiary alicyclic amines) is 1. The second kappa shape index (κ2) is 8.24. The molecule has 1 aliphatic heterocycles. The molecule has 1 fully saturated rings. The lowest BCUT2D eigenvalue weighted by Crippen LogP contribution is -2.42. The molecule has 2 unspecified atom stereocenters. The van der Waals surface area contributed by atoms with Crippen molar-refractivity contribution in [3.63, 3.8) is 0 Å². The van der Waals surface area contributed by atoms with Gasteiger partial charge in [0.2, 0.25) is 5.91 Å². The van der Waals surface area contributed by atoms with E-state index in [1.807, 2.05) is 0 Å². The summed E-state index contributed by atoms with van der Waals surface area (Å²) in [6.07, 6.45) is 14.1. The Morgan fingerprint density at radius 3 is 2.86 bits per heavy atom. The van der Waals surface area contributed by atoms with Gasteiger partial charge in [0.05, 0.1) is 6.04 Å². The molecule has 4 rings (SSSR count). The van der Waals surface area contributed by atoms with Gasteiger partial charge in [-0.05, 0) is 81.1 Å². The van der Waals surface area contributed by atoms with Gasteiger partial charge >= 0.3 is 0 Å². The minimum absolute atomic E-state index is 0.0773. The number of allylic oxidation sites excluding steroid dienone is 3. The fourth-order valence-electron chi connectivity index (χ4n) is 5.83. The third kappa shape index (κ3) is 3.82. The molecular formula is C25H34N2O. The summed E-state index contributed by atoms with van der Waals surface area (Å²) in [6.45, 7) is 9.18. The predicted molar refractivity (Wildman–Crippen MR) is 115 cm³/mol. The number of benzene rings is 1. The van der Waals surface area contributed by atoms with Crippen LogP contribution in [0.15, 0.2) is 49.1 Å². The molecule has 28 heavy (non-hydrogen) atoms. The van der Waals surface area contributed by atoms with Gasteiger partial charge in [-0.1, -0.05) is 42.5 Å². The topological polar surface area (TPSA) is 32.3 Å². The summed E-state index contributed by atoms with van der Waals surface area (Å²) in [6, 6.07) is 8.97. The van der Waals surface area contributed by atoms with Crippen molar-refractivity contribution in [2.75, 3.05) is 19.6 Å². The monoisotopic (exact) mass is 378 g/mol. The standard InChI is InChI=1S/C25H34N2O/c1-3-20-8-6-9-21(20)10-7-15-27-16-13-25(14-17-27)18-24(26-19(2)28)22-11-4-5-12-23(22)25/h3-6,8,11-12,20-21,24H,1,7,9-10,13-18H2,2H3,(H,26,28)/t20?,21-,24?/m1/s1. The number of nitrogens with one attached hydrogen (secondary N) is 1. The van der Waals surface area contributed by atoms with Crippen LogP contribution in [0, 0.1) is 11.8 Å². The van der Waals surface area contributed by atoms with Crippen molar-refractivity contribution in [2.45, 2.75) is 56.9 Å². The van der Waals surface area contributed by atoms with E-state index in [0.717, 1.165) is 12.3 Å². The molecule has 3 aliphatic rings. The van der Waals surface area contributed by atoms with Crippen molar-refractivity contribution in [3.8, 4) is 0 Å². The van der Waals surface area contributed by atoms with Gasteiger partial charge in [0.15, 0.2) is 0 Å². The lowest BCUT2D eigenvalue weighted by molar-refractivity contribution is -0.119. The SMILES string of the molecule is C=CC1C=CC[C@@H]1CCCN1CCC2(CC1)CC(NC(C)=O)c1ccccc12. The van der Waals surface area contributed by atoms with Gasteiger partial charge in [-0.2, -0.15) is 0 Å². The highest BCUT2D eigenvalue weighted by Crippen LogP contribution is 2.50. The normalized spacial score (nSPS) is 28.4. The maximum atomic E-state index is 11.7. The van der Waals surface area contributed by atoms with Gasteiger partial charge in [0.1, 0.15) is 0 Å². The van der Waals surface area contributed by atoms with Crippen LogP contribution in [0.5, 0.6) is 0 Å². The number of fused-ring (bicyclic) bond motifs is 2. The van der Waals surface area contributed by atoms with Gasteiger partial charge in [0.25, 0.3) is 0 Å². The molecule has 0 radical (unpaired) electrons. The summed E-state index contributed by atoms with van der Waals surface area (Å²) in [7, 11) is 0. The lowest BCUT2D eigenvalue weighted by Gasteiger charge is -2.40. The fourth-order valence-corrected chi connectivity index (χ4v) is 5.83. The Morgan fingerprint density at radius 2 is 2.11 bits per heavy atom. The first kappa shape index (κ1) is 19.4. The van der Waals surface area contributed by atoms with Crippen LogP contribution in [0.3, 0.4) is 0 Å². The Kier molecular flexibility index (Phi) is 5.73. The van der Waals surface area contributed by atoms with Crippen LogP contribution in [-0.4, -0.2) is 30.4 Å². The largest absolute Gasteiger partial charge is 0.349 e. The van der Waals surface area contributed by atoms with E-state index in [1.54, 1.807) is 6.92 Å². The fraction of sp³-hybridized carbons (Fsp3) is 0.560. The molecule has 3 heteroatoms. The Morgan fingerprint density at radius 1 is 1.32 bits per heavy atom. The number of amides is 1. The van der Waals surface area contributed by atoms with Crippen LogP contribution < -0.4 is 5.32 Å². The maximum Gasteiger partial charge on any atom is 0.217 e. The molecule has 2 aliphatic carbocycles. The summed E-state index contributed by atoms with van der Waals surface area (Å²) < 4.78 is 0. The third-order valence-electron chi connectivity index (χ3n) is 7.36. The number of rotatable bonds is 6. The molecule has 1 spiro atoms. The predicted octanol–water partition coefficient (Wildman–Crippen LogP) is 4.76. The first-order valence-corrected chi connectivity index (χ1v) is 11.0. The van der Waals surface area contributed by atoms with Crippen LogP contribution >= 0.6 is 0 Å². The number of piperidine rings is 1. The van der Waals surface area contributed by atoms with E-state index in [0.29, 0.717) is 5.92 Å². The number of carbonyl (C=O) groups excluding carboxylic acids is 1. The maximum absolute atomic E-state index is 11.7. The van der Waals surface area contributed by atoms with Crippen LogP contribution in [0.1, 0.15) is 62.6 Å². The third-order valence-corrected chi connectivity index (χ3v) is 7.36. The van der Waals surface area contributed by atoms with E-state index in [-0.39, 0.29) is 17.4 Å². The van der Waals surface area contributed by atoms with Crippen molar-refractivity contribution >= 4 is 5.91 Å². The summed E-state index contributed by atoms with van der Waals surface area (Å²) >= 11 is 0. The highest BCUT2D eigenvalue weighted by Gasteiger charge is 2.45. The zero-order chi connectivity index (χ0) is 19.6. The quantitative estimate of drug-likeness (QED) is 0.724. The Labute approximate surface area is 169 Å². The molecule has 1 saturated heterocycles. The summed E-state index contributed by atoms with van der Waals surface area (Å²) in [5.41, 5.74) is 3.08. The zero-order valence-corrected chi connectivity index (χ0v) is 17.2. The smallest absolute Gasteiger partial charge is 0.217 e. The van der Waals surface area contributed by atoms with Gasteiger partial charge in [0, 0.05) is 12.3 Å². The Balaban J connectivity index is 1.32. The summed E-state index contributed by atoms with van der Waals surface area (Å²) in [5.74, 6) is 1.44. The van der Waals surface area contributed by atoms with Gasteiger partial charge in [-0.3, -0.25) is 4.79 Å². The minimum atomic E-state index is 0.0773. The van der Waals surface area contributed by atoms with Gasteiger partial charge in [-0.25, -0.2) is 0 Å². The van der Waals surface area contributed by atoms with Crippen molar-refractivity contribution in [1.82, 2.24) is 10.2 Å². The average molecular weight is 379 g/mol. The van der Waals surface area contributed by atoms with Crippen LogP contribution in [0.4, 0.5) is 0 Å². The lowest BCUT2D eigenvalue weighted by atomic mass is 9.73. The van der Waals surface area contributed by atoms with Crippen molar-refractivity contribution in [2.24, 2.45) is 11.8 Å². The molecule has 1 aromatic carbocycles. The molecule has 1 amide bonds. The number of hydrogen-bond donors (Lipinski definition) is 1. The van der Waals surface area contributed by atoms with Crippen molar-refractivity contribution < 1.29 is 4.79 Å². The number of nitrogens with zero attached hydrogens (tertiary/aromatic N) is 1. The molecule has 0 aromatic heterocycles. The number of carbonyl (C=O) groups is 1. The van der Waals surface area contributed by atoms with E-state index in [1.165, 1.54) is 62.9 Å². The highest BCUT2D eigenvalue weighted by molar-refractivity contribution is 5.73. The minimum Gasteiger partial charge on any atom is -0.349 e. The molecule has 1 aromatic rings. The van der Waals surface area contributed by atoms with Crippen LogP contribution in [0.25, 0.3) is 0 Å². The van der Waals surface area contributed by atoms with Crippen molar-refractivity contribution in [3.05, 3.63) is 60.2 Å².